The summed E-state index contributed by atoms with van der Waals surface area (Å²) < 4.78 is 57.2. The third kappa shape index (κ3) is 5.14. The van der Waals surface area contributed by atoms with Crippen LogP contribution in [0.2, 0.25) is 0 Å². The lowest BCUT2D eigenvalue weighted by Crippen LogP contribution is -2.22. The zero-order valence-corrected chi connectivity index (χ0v) is 16.9. The van der Waals surface area contributed by atoms with Gasteiger partial charge in [-0.3, -0.25) is 14.3 Å². The Kier molecular flexibility index (Phi) is 7.18. The van der Waals surface area contributed by atoms with Crippen molar-refractivity contribution in [1.29, 1.82) is 0 Å². The van der Waals surface area contributed by atoms with E-state index < -0.39 is 54.7 Å². The molecule has 13 heteroatoms. The van der Waals surface area contributed by atoms with Crippen molar-refractivity contribution < 1.29 is 36.7 Å². The third-order valence-electron chi connectivity index (χ3n) is 3.74. The number of amides is 2. The van der Waals surface area contributed by atoms with E-state index in [2.05, 4.69) is 10.4 Å². The molecule has 3 N–H and O–H groups in total. The normalized spacial score (nSPS) is 11.4. The molecule has 2 heterocycles. The molecule has 2 aromatic rings. The van der Waals surface area contributed by atoms with Gasteiger partial charge in [0.05, 0.1) is 16.5 Å². The van der Waals surface area contributed by atoms with Gasteiger partial charge in [0.2, 0.25) is 5.91 Å². The van der Waals surface area contributed by atoms with Crippen molar-refractivity contribution in [3.63, 3.8) is 0 Å². The van der Waals surface area contributed by atoms with Crippen LogP contribution in [0.1, 0.15) is 63.7 Å². The zero-order chi connectivity index (χ0) is 22.7. The van der Waals surface area contributed by atoms with Gasteiger partial charge in [-0.25, -0.2) is 22.4 Å². The average Bonchev–Trinajstić information content (AvgIpc) is 3.15. The SMILES string of the molecule is Cc1c(C(N)=O)sc(NC(=O)Cn2nc(C(F)F)cc2C(F)F)c1C(=O)OC(C)C. The second-order valence-corrected chi connectivity index (χ2v) is 7.40. The fourth-order valence-electron chi connectivity index (χ4n) is 2.52. The van der Waals surface area contributed by atoms with Crippen LogP contribution in [0.25, 0.3) is 0 Å². The first-order valence-corrected chi connectivity index (χ1v) is 9.31. The lowest BCUT2D eigenvalue weighted by Gasteiger charge is -2.11. The van der Waals surface area contributed by atoms with Gasteiger partial charge in [-0.1, -0.05) is 0 Å². The second-order valence-electron chi connectivity index (χ2n) is 6.38. The van der Waals surface area contributed by atoms with Gasteiger partial charge in [0.25, 0.3) is 18.8 Å². The van der Waals surface area contributed by atoms with Gasteiger partial charge < -0.3 is 15.8 Å². The number of rotatable bonds is 8. The van der Waals surface area contributed by atoms with Crippen LogP contribution in [-0.2, 0) is 16.1 Å². The summed E-state index contributed by atoms with van der Waals surface area (Å²) in [6.07, 6.45) is -6.73. The number of thiophene rings is 1. The fraction of sp³-hybridized carbons (Fsp3) is 0.412. The van der Waals surface area contributed by atoms with Crippen LogP contribution in [0.3, 0.4) is 0 Å². The Morgan fingerprint density at radius 1 is 1.23 bits per heavy atom. The molecule has 0 aliphatic carbocycles. The molecule has 8 nitrogen and oxygen atoms in total. The van der Waals surface area contributed by atoms with Gasteiger partial charge in [0, 0.05) is 0 Å². The van der Waals surface area contributed by atoms with E-state index in [-0.39, 0.29) is 21.0 Å². The number of alkyl halides is 4. The number of halogens is 4. The highest BCUT2D eigenvalue weighted by molar-refractivity contribution is 7.18. The number of anilines is 1. The van der Waals surface area contributed by atoms with Crippen molar-refractivity contribution in [2.75, 3.05) is 5.32 Å². The average molecular weight is 450 g/mol. The Morgan fingerprint density at radius 3 is 2.37 bits per heavy atom. The van der Waals surface area contributed by atoms with E-state index in [0.29, 0.717) is 22.1 Å². The van der Waals surface area contributed by atoms with Crippen LogP contribution in [0, 0.1) is 6.92 Å². The van der Waals surface area contributed by atoms with Crippen LogP contribution in [0.15, 0.2) is 6.07 Å². The number of carbonyl (C=O) groups excluding carboxylic acids is 3. The Morgan fingerprint density at radius 2 is 1.87 bits per heavy atom. The van der Waals surface area contributed by atoms with E-state index >= 15 is 0 Å². The molecule has 0 fully saturated rings. The number of hydrogen-bond donors (Lipinski definition) is 2. The summed E-state index contributed by atoms with van der Waals surface area (Å²) in [4.78, 5) is 36.3. The number of esters is 1. The van der Waals surface area contributed by atoms with Gasteiger partial charge in [0.15, 0.2) is 0 Å². The van der Waals surface area contributed by atoms with Crippen molar-refractivity contribution in [2.45, 2.75) is 46.3 Å². The lowest BCUT2D eigenvalue weighted by atomic mass is 10.1. The minimum absolute atomic E-state index is 0.00616. The first-order valence-electron chi connectivity index (χ1n) is 8.50. The molecule has 0 bridgehead atoms. The Bertz CT molecular complexity index is 971. The lowest BCUT2D eigenvalue weighted by molar-refractivity contribution is -0.117. The minimum Gasteiger partial charge on any atom is -0.459 e. The van der Waals surface area contributed by atoms with Crippen LogP contribution < -0.4 is 11.1 Å². The Hall–Kier alpha value is -2.96. The molecule has 0 saturated carbocycles. The van der Waals surface area contributed by atoms with Crippen molar-refractivity contribution in [1.82, 2.24) is 9.78 Å². The number of primary amides is 1. The Labute approximate surface area is 172 Å². The maximum Gasteiger partial charge on any atom is 0.341 e. The van der Waals surface area contributed by atoms with Gasteiger partial charge >= 0.3 is 5.97 Å². The molecule has 0 aliphatic heterocycles. The van der Waals surface area contributed by atoms with E-state index in [1.165, 1.54) is 6.92 Å². The van der Waals surface area contributed by atoms with Gasteiger partial charge in [-0.05, 0) is 32.4 Å². The summed E-state index contributed by atoms with van der Waals surface area (Å²) in [5.74, 6) is -2.60. The monoisotopic (exact) mass is 450 g/mol. The quantitative estimate of drug-likeness (QED) is 0.472. The van der Waals surface area contributed by atoms with Gasteiger partial charge in [-0.2, -0.15) is 5.10 Å². The topological polar surface area (TPSA) is 116 Å². The smallest absolute Gasteiger partial charge is 0.341 e. The van der Waals surface area contributed by atoms with Crippen LogP contribution in [0.5, 0.6) is 0 Å². The molecule has 2 rings (SSSR count). The maximum absolute atomic E-state index is 13.1. The van der Waals surface area contributed by atoms with Crippen LogP contribution in [0.4, 0.5) is 22.6 Å². The summed E-state index contributed by atoms with van der Waals surface area (Å²) in [6, 6.07) is 0.508. The van der Waals surface area contributed by atoms with E-state index in [9.17, 15) is 31.9 Å². The highest BCUT2D eigenvalue weighted by Crippen LogP contribution is 2.34. The van der Waals surface area contributed by atoms with Gasteiger partial charge in [0.1, 0.15) is 22.9 Å². The number of aromatic nitrogens is 2. The molecule has 2 amide bonds. The summed E-state index contributed by atoms with van der Waals surface area (Å²) in [6.45, 7) is 3.79. The zero-order valence-electron chi connectivity index (χ0n) is 16.0. The molecule has 0 aromatic carbocycles. The first kappa shape index (κ1) is 23.3. The van der Waals surface area contributed by atoms with E-state index in [0.717, 1.165) is 0 Å². The van der Waals surface area contributed by atoms with Crippen molar-refractivity contribution in [3.05, 3.63) is 33.5 Å². The predicted octanol–water partition coefficient (Wildman–Crippen LogP) is 3.43. The van der Waals surface area contributed by atoms with Crippen molar-refractivity contribution in [2.24, 2.45) is 5.73 Å². The fourth-order valence-corrected chi connectivity index (χ4v) is 3.58. The molecule has 0 unspecified atom stereocenters. The summed E-state index contributed by atoms with van der Waals surface area (Å²) in [5.41, 5.74) is 3.58. The molecule has 0 spiro atoms. The summed E-state index contributed by atoms with van der Waals surface area (Å²) >= 11 is 0.704. The number of ether oxygens (including phenoxy) is 1. The molecule has 0 atom stereocenters. The number of nitrogens with one attached hydrogen (secondary N) is 1. The largest absolute Gasteiger partial charge is 0.459 e. The molecule has 0 aliphatic rings. The van der Waals surface area contributed by atoms with Crippen LogP contribution >= 0.6 is 11.3 Å². The molecule has 0 saturated heterocycles. The van der Waals surface area contributed by atoms with Gasteiger partial charge in [-0.15, -0.1) is 11.3 Å². The summed E-state index contributed by atoms with van der Waals surface area (Å²) in [7, 11) is 0. The second kappa shape index (κ2) is 9.24. The molecule has 2 aromatic heterocycles. The standard InChI is InChI=1S/C17H18F4N4O4S/c1-6(2)29-17(28)11-7(3)12(15(22)27)30-16(11)23-10(26)5-25-9(14(20)21)4-8(24-25)13(18)19/h4,6,13-14H,5H2,1-3H3,(H2,22,27)(H,23,26). The molecular formula is C17H18F4N4O4S. The maximum atomic E-state index is 13.1. The number of nitrogens with two attached hydrogens (primary N) is 1. The number of carbonyl (C=O) groups is 3. The minimum atomic E-state index is -3.14. The predicted molar refractivity (Wildman–Crippen MR) is 98.9 cm³/mol. The molecular weight excluding hydrogens is 432 g/mol. The van der Waals surface area contributed by atoms with E-state index in [4.69, 9.17) is 10.5 Å². The van der Waals surface area contributed by atoms with Crippen LogP contribution in [-0.4, -0.2) is 33.7 Å². The van der Waals surface area contributed by atoms with E-state index in [1.54, 1.807) is 13.8 Å². The van der Waals surface area contributed by atoms with E-state index in [1.807, 2.05) is 0 Å². The molecule has 0 radical (unpaired) electrons. The number of hydrogen-bond acceptors (Lipinski definition) is 6. The molecule has 164 valence electrons. The first-order chi connectivity index (χ1) is 13.9. The highest BCUT2D eigenvalue weighted by atomic mass is 32.1. The molecule has 30 heavy (non-hydrogen) atoms. The highest BCUT2D eigenvalue weighted by Gasteiger charge is 2.27. The number of nitrogens with zero attached hydrogens (tertiary/aromatic N) is 2. The Balaban J connectivity index is 2.34. The third-order valence-corrected chi connectivity index (χ3v) is 4.96. The van der Waals surface area contributed by atoms with Crippen molar-refractivity contribution in [3.8, 4) is 0 Å². The summed E-state index contributed by atoms with van der Waals surface area (Å²) in [5, 5.41) is 5.55. The van der Waals surface area contributed by atoms with Crippen molar-refractivity contribution >= 4 is 34.1 Å².